The zero-order valence-electron chi connectivity index (χ0n) is 18.1. The summed E-state index contributed by atoms with van der Waals surface area (Å²) in [6, 6.07) is 9.09. The van der Waals surface area contributed by atoms with Crippen LogP contribution >= 0.6 is 0 Å². The van der Waals surface area contributed by atoms with Crippen molar-refractivity contribution in [1.29, 1.82) is 0 Å². The molecule has 0 saturated carbocycles. The highest BCUT2D eigenvalue weighted by Crippen LogP contribution is 2.54. The van der Waals surface area contributed by atoms with Crippen molar-refractivity contribution in [1.82, 2.24) is 15.3 Å². The molecule has 1 amide bonds. The van der Waals surface area contributed by atoms with E-state index in [1.165, 1.54) is 6.07 Å². The van der Waals surface area contributed by atoms with E-state index >= 15 is 0 Å². The number of carbonyl (C=O) groups excluding carboxylic acids is 1. The predicted molar refractivity (Wildman–Crippen MR) is 115 cm³/mol. The Morgan fingerprint density at radius 3 is 2.83 bits per heavy atom. The Morgan fingerprint density at radius 1 is 1.30 bits per heavy atom. The van der Waals surface area contributed by atoms with Crippen molar-refractivity contribution in [3.05, 3.63) is 53.7 Å². The van der Waals surface area contributed by atoms with Gasteiger partial charge in [-0.2, -0.15) is 0 Å². The summed E-state index contributed by atoms with van der Waals surface area (Å²) in [6.45, 7) is 6.59. The summed E-state index contributed by atoms with van der Waals surface area (Å²) in [4.78, 5) is 24.7. The van der Waals surface area contributed by atoms with Crippen LogP contribution in [0.15, 0.2) is 36.7 Å². The Kier molecular flexibility index (Phi) is 5.76. The van der Waals surface area contributed by atoms with E-state index in [-0.39, 0.29) is 24.3 Å². The van der Waals surface area contributed by atoms with E-state index in [9.17, 15) is 9.18 Å². The molecule has 2 aliphatic rings. The highest BCUT2D eigenvalue weighted by atomic mass is 19.1. The van der Waals surface area contributed by atoms with Gasteiger partial charge in [-0.15, -0.1) is 0 Å². The Labute approximate surface area is 178 Å². The minimum absolute atomic E-state index is 0.0504. The predicted octanol–water partition coefficient (Wildman–Crippen LogP) is 4.40. The smallest absolute Gasteiger partial charge is 0.228 e. The van der Waals surface area contributed by atoms with E-state index < -0.39 is 5.41 Å². The van der Waals surface area contributed by atoms with Gasteiger partial charge in [0.15, 0.2) is 0 Å². The van der Waals surface area contributed by atoms with Crippen LogP contribution in [0.1, 0.15) is 57.2 Å². The van der Waals surface area contributed by atoms with Crippen LogP contribution in [-0.4, -0.2) is 28.0 Å². The second-order valence-electron chi connectivity index (χ2n) is 9.24. The number of hydrogen-bond acceptors (Lipinski definition) is 4. The fourth-order valence-corrected chi connectivity index (χ4v) is 5.28. The Morgan fingerprint density at radius 2 is 2.10 bits per heavy atom. The molecule has 30 heavy (non-hydrogen) atoms. The Balaban J connectivity index is 1.59. The number of aryl methyl sites for hydroxylation is 1. The number of rotatable bonds is 7. The van der Waals surface area contributed by atoms with Crippen molar-refractivity contribution in [2.45, 2.75) is 71.5 Å². The second-order valence-corrected chi connectivity index (χ2v) is 9.24. The quantitative estimate of drug-likeness (QED) is 0.735. The van der Waals surface area contributed by atoms with Gasteiger partial charge in [-0.1, -0.05) is 32.0 Å². The van der Waals surface area contributed by atoms with E-state index in [0.717, 1.165) is 43.6 Å². The molecule has 0 spiro atoms. The normalized spacial score (nSPS) is 25.2. The lowest BCUT2D eigenvalue weighted by atomic mass is 9.69. The van der Waals surface area contributed by atoms with E-state index in [4.69, 9.17) is 0 Å². The average molecular weight is 411 g/mol. The van der Waals surface area contributed by atoms with Gasteiger partial charge in [0.05, 0.1) is 5.41 Å². The summed E-state index contributed by atoms with van der Waals surface area (Å²) in [5, 5.41) is 3.08. The third-order valence-electron chi connectivity index (χ3n) is 6.81. The van der Waals surface area contributed by atoms with Crippen molar-refractivity contribution in [3.8, 4) is 0 Å². The van der Waals surface area contributed by atoms with Gasteiger partial charge in [0.2, 0.25) is 5.91 Å². The lowest BCUT2D eigenvalue weighted by Gasteiger charge is -2.37. The minimum Gasteiger partial charge on any atom is -0.351 e. The molecule has 1 N–H and O–H groups in total. The monoisotopic (exact) mass is 410 g/mol. The molecule has 1 aromatic heterocycles. The lowest BCUT2D eigenvalue weighted by Crippen LogP contribution is -2.49. The third kappa shape index (κ3) is 3.80. The van der Waals surface area contributed by atoms with E-state index in [1.807, 2.05) is 13.0 Å². The molecular weight excluding hydrogens is 379 g/mol. The summed E-state index contributed by atoms with van der Waals surface area (Å²) in [5.41, 5.74) is 0.997. The van der Waals surface area contributed by atoms with Crippen LogP contribution in [0.2, 0.25) is 0 Å². The number of nitrogens with zero attached hydrogens (tertiary/aromatic N) is 3. The van der Waals surface area contributed by atoms with Crippen LogP contribution in [0.5, 0.6) is 0 Å². The lowest BCUT2D eigenvalue weighted by molar-refractivity contribution is -0.133. The van der Waals surface area contributed by atoms with Crippen molar-refractivity contribution in [2.24, 2.45) is 11.3 Å². The fraction of sp³-hybridized carbons (Fsp3) is 0.542. The van der Waals surface area contributed by atoms with E-state index in [2.05, 4.69) is 34.0 Å². The number of carbonyl (C=O) groups is 1. The summed E-state index contributed by atoms with van der Waals surface area (Å²) in [7, 11) is 0. The first-order valence-electron chi connectivity index (χ1n) is 11.0. The molecule has 3 atom stereocenters. The maximum absolute atomic E-state index is 14.1. The van der Waals surface area contributed by atoms with Gasteiger partial charge in [0.25, 0.3) is 0 Å². The Hall–Kier alpha value is -2.50. The molecule has 0 radical (unpaired) electrons. The zero-order valence-corrected chi connectivity index (χ0v) is 18.1. The average Bonchev–Trinajstić information content (AvgIpc) is 3.28. The maximum Gasteiger partial charge on any atom is 0.228 e. The molecular formula is C24H31FN4O. The van der Waals surface area contributed by atoms with Crippen LogP contribution in [0.4, 0.5) is 10.2 Å². The van der Waals surface area contributed by atoms with Gasteiger partial charge in [-0.05, 0) is 51.0 Å². The van der Waals surface area contributed by atoms with Gasteiger partial charge in [-0.25, -0.2) is 14.4 Å². The second kappa shape index (κ2) is 8.32. The molecule has 2 bridgehead atoms. The van der Waals surface area contributed by atoms with E-state index in [0.29, 0.717) is 17.5 Å². The molecule has 2 fully saturated rings. The van der Waals surface area contributed by atoms with Crippen LogP contribution in [0, 0.1) is 24.1 Å². The van der Waals surface area contributed by atoms with Crippen LogP contribution in [0.25, 0.3) is 0 Å². The fourth-order valence-electron chi connectivity index (χ4n) is 5.28. The van der Waals surface area contributed by atoms with Crippen LogP contribution in [0.3, 0.4) is 0 Å². The molecule has 0 aliphatic carbocycles. The van der Waals surface area contributed by atoms with Crippen molar-refractivity contribution >= 4 is 11.7 Å². The minimum atomic E-state index is -0.461. The standard InChI is InChI=1S/C24H31FN4O/c1-16(2)10-11-24(23(30)26-14-18-6-4-5-7-20(18)25)13-19-8-9-21(24)29(19)22-12-17(3)27-15-28-22/h4-7,12,15-16,19,21H,8-11,13-14H2,1-3H3,(H,26,30)/t19-,21+,24+/m1/s1. The number of benzene rings is 1. The first kappa shape index (κ1) is 20.8. The first-order chi connectivity index (χ1) is 14.4. The SMILES string of the molecule is Cc1cc(N2[C@@H]3CC[C@H]2[C@@](CCC(C)C)(C(=O)NCc2ccccc2F)C3)ncn1. The largest absolute Gasteiger partial charge is 0.351 e. The van der Waals surface area contributed by atoms with E-state index in [1.54, 1.807) is 24.5 Å². The molecule has 1 aromatic carbocycles. The maximum atomic E-state index is 14.1. The molecule has 160 valence electrons. The van der Waals surface area contributed by atoms with Crippen molar-refractivity contribution in [3.63, 3.8) is 0 Å². The molecule has 0 unspecified atom stereocenters. The molecule has 5 nitrogen and oxygen atoms in total. The molecule has 2 saturated heterocycles. The number of anilines is 1. The van der Waals surface area contributed by atoms with Gasteiger partial charge in [-0.3, -0.25) is 4.79 Å². The zero-order chi connectivity index (χ0) is 21.3. The van der Waals surface area contributed by atoms with Gasteiger partial charge in [0, 0.05) is 36.0 Å². The topological polar surface area (TPSA) is 58.1 Å². The van der Waals surface area contributed by atoms with Crippen molar-refractivity contribution in [2.75, 3.05) is 4.90 Å². The first-order valence-corrected chi connectivity index (χ1v) is 11.0. The highest BCUT2D eigenvalue weighted by Gasteiger charge is 2.59. The number of nitrogens with one attached hydrogen (secondary N) is 1. The van der Waals surface area contributed by atoms with Gasteiger partial charge >= 0.3 is 0 Å². The van der Waals surface area contributed by atoms with Gasteiger partial charge < -0.3 is 10.2 Å². The molecule has 2 aliphatic heterocycles. The molecule has 3 heterocycles. The number of halogens is 1. The number of hydrogen-bond donors (Lipinski definition) is 1. The molecule has 2 aromatic rings. The number of aromatic nitrogens is 2. The van der Waals surface area contributed by atoms with Crippen LogP contribution < -0.4 is 10.2 Å². The summed E-state index contributed by atoms with van der Waals surface area (Å²) in [6.07, 6.45) is 6.34. The Bertz CT molecular complexity index is 918. The molecule has 6 heteroatoms. The molecule has 4 rings (SSSR count). The van der Waals surface area contributed by atoms with Crippen LogP contribution in [-0.2, 0) is 11.3 Å². The third-order valence-corrected chi connectivity index (χ3v) is 6.81. The highest BCUT2D eigenvalue weighted by molar-refractivity contribution is 5.85. The summed E-state index contributed by atoms with van der Waals surface area (Å²) < 4.78 is 14.1. The van der Waals surface area contributed by atoms with Crippen molar-refractivity contribution < 1.29 is 9.18 Å². The summed E-state index contributed by atoms with van der Waals surface area (Å²) >= 11 is 0. The number of amides is 1. The van der Waals surface area contributed by atoms with Gasteiger partial charge in [0.1, 0.15) is 18.0 Å². The number of fused-ring (bicyclic) bond motifs is 2. The summed E-state index contributed by atoms with van der Waals surface area (Å²) in [5.74, 6) is 1.22.